The van der Waals surface area contributed by atoms with Crippen LogP contribution in [0.5, 0.6) is 5.88 Å². The molecule has 0 aliphatic rings. The standard InChI is InChI=1S/C13H13ClN2O2S/c1-18-13-10(3-2-7-16-13)12(17)15-8-6-9-4-5-11(14)19-9/h2-5,7H,6,8H2,1H3,(H,15,17). The lowest BCUT2D eigenvalue weighted by Crippen LogP contribution is -2.26. The minimum atomic E-state index is -0.187. The Kier molecular flexibility index (Phi) is 4.76. The number of hydrogen-bond acceptors (Lipinski definition) is 4. The number of nitrogens with one attached hydrogen (secondary N) is 1. The number of aromatic nitrogens is 1. The Bertz CT molecular complexity index is 571. The van der Waals surface area contributed by atoms with Crippen LogP contribution in [0.1, 0.15) is 15.2 Å². The van der Waals surface area contributed by atoms with Crippen molar-refractivity contribution in [2.45, 2.75) is 6.42 Å². The van der Waals surface area contributed by atoms with E-state index < -0.39 is 0 Å². The summed E-state index contributed by atoms with van der Waals surface area (Å²) in [5, 5.41) is 2.84. The Hall–Kier alpha value is -1.59. The summed E-state index contributed by atoms with van der Waals surface area (Å²) in [7, 11) is 1.49. The van der Waals surface area contributed by atoms with Gasteiger partial charge in [-0.2, -0.15) is 0 Å². The summed E-state index contributed by atoms with van der Waals surface area (Å²) in [6.07, 6.45) is 2.34. The highest BCUT2D eigenvalue weighted by molar-refractivity contribution is 7.16. The Labute approximate surface area is 120 Å². The van der Waals surface area contributed by atoms with Gasteiger partial charge in [-0.1, -0.05) is 11.6 Å². The SMILES string of the molecule is COc1ncccc1C(=O)NCCc1ccc(Cl)s1. The fraction of sp³-hybridized carbons (Fsp3) is 0.231. The molecule has 0 unspecified atom stereocenters. The summed E-state index contributed by atoms with van der Waals surface area (Å²) in [6.45, 7) is 0.549. The number of carbonyl (C=O) groups is 1. The monoisotopic (exact) mass is 296 g/mol. The lowest BCUT2D eigenvalue weighted by Gasteiger charge is -2.07. The predicted molar refractivity (Wildman–Crippen MR) is 76.2 cm³/mol. The number of rotatable bonds is 5. The van der Waals surface area contributed by atoms with Crippen LogP contribution in [0.15, 0.2) is 30.5 Å². The normalized spacial score (nSPS) is 10.2. The van der Waals surface area contributed by atoms with Crippen LogP contribution in [0.25, 0.3) is 0 Å². The van der Waals surface area contributed by atoms with E-state index in [1.807, 2.05) is 12.1 Å². The molecule has 0 spiro atoms. The van der Waals surface area contributed by atoms with Gasteiger partial charge in [-0.15, -0.1) is 11.3 Å². The summed E-state index contributed by atoms with van der Waals surface area (Å²) in [4.78, 5) is 17.1. The van der Waals surface area contributed by atoms with Gasteiger partial charge in [0.2, 0.25) is 5.88 Å². The third kappa shape index (κ3) is 3.68. The molecule has 0 atom stereocenters. The molecule has 4 nitrogen and oxygen atoms in total. The largest absolute Gasteiger partial charge is 0.480 e. The van der Waals surface area contributed by atoms with Gasteiger partial charge in [-0.25, -0.2) is 4.98 Å². The Morgan fingerprint density at radius 2 is 2.32 bits per heavy atom. The Morgan fingerprint density at radius 3 is 3.00 bits per heavy atom. The molecule has 0 aromatic carbocycles. The molecule has 19 heavy (non-hydrogen) atoms. The smallest absolute Gasteiger partial charge is 0.256 e. The van der Waals surface area contributed by atoms with Crippen molar-refractivity contribution in [3.05, 3.63) is 45.2 Å². The number of thiophene rings is 1. The van der Waals surface area contributed by atoms with E-state index >= 15 is 0 Å². The van der Waals surface area contributed by atoms with Crippen molar-refractivity contribution in [1.29, 1.82) is 0 Å². The highest BCUT2D eigenvalue weighted by Gasteiger charge is 2.12. The molecule has 2 rings (SSSR count). The fourth-order valence-corrected chi connectivity index (χ4v) is 2.69. The summed E-state index contributed by atoms with van der Waals surface area (Å²) in [5.41, 5.74) is 0.439. The number of hydrogen-bond donors (Lipinski definition) is 1. The van der Waals surface area contributed by atoms with Gasteiger partial charge < -0.3 is 10.1 Å². The first-order valence-electron chi connectivity index (χ1n) is 5.72. The number of pyridine rings is 1. The number of amides is 1. The summed E-state index contributed by atoms with van der Waals surface area (Å²) in [5.74, 6) is 0.145. The quantitative estimate of drug-likeness (QED) is 0.923. The second-order valence-electron chi connectivity index (χ2n) is 3.77. The van der Waals surface area contributed by atoms with Gasteiger partial charge in [0.25, 0.3) is 5.91 Å². The van der Waals surface area contributed by atoms with Gasteiger partial charge in [-0.3, -0.25) is 4.79 Å². The first-order valence-corrected chi connectivity index (χ1v) is 6.91. The lowest BCUT2D eigenvalue weighted by atomic mass is 10.2. The zero-order valence-electron chi connectivity index (χ0n) is 10.4. The molecule has 1 N–H and O–H groups in total. The third-order valence-electron chi connectivity index (χ3n) is 2.49. The minimum Gasteiger partial charge on any atom is -0.480 e. The van der Waals surface area contributed by atoms with Crippen molar-refractivity contribution in [3.8, 4) is 5.88 Å². The van der Waals surface area contributed by atoms with Crippen molar-refractivity contribution < 1.29 is 9.53 Å². The molecule has 2 heterocycles. The van der Waals surface area contributed by atoms with Crippen LogP contribution in [0, 0.1) is 0 Å². The maximum Gasteiger partial charge on any atom is 0.256 e. The van der Waals surface area contributed by atoms with Crippen LogP contribution < -0.4 is 10.1 Å². The van der Waals surface area contributed by atoms with Crippen LogP contribution in [-0.2, 0) is 6.42 Å². The molecule has 2 aromatic rings. The average Bonchev–Trinajstić information content (AvgIpc) is 2.84. The van der Waals surface area contributed by atoms with Crippen molar-refractivity contribution in [2.24, 2.45) is 0 Å². The van der Waals surface area contributed by atoms with E-state index in [2.05, 4.69) is 10.3 Å². The summed E-state index contributed by atoms with van der Waals surface area (Å²) < 4.78 is 5.81. The second-order valence-corrected chi connectivity index (χ2v) is 5.57. The van der Waals surface area contributed by atoms with E-state index in [0.717, 1.165) is 15.6 Å². The summed E-state index contributed by atoms with van der Waals surface area (Å²) >= 11 is 7.36. The van der Waals surface area contributed by atoms with Crippen LogP contribution in [0.2, 0.25) is 4.34 Å². The molecule has 0 aliphatic carbocycles. The minimum absolute atomic E-state index is 0.187. The number of halogens is 1. The Morgan fingerprint density at radius 1 is 1.47 bits per heavy atom. The molecule has 6 heteroatoms. The zero-order valence-corrected chi connectivity index (χ0v) is 11.9. The van der Waals surface area contributed by atoms with Gasteiger partial charge in [-0.05, 0) is 30.7 Å². The average molecular weight is 297 g/mol. The lowest BCUT2D eigenvalue weighted by molar-refractivity contribution is 0.0950. The molecular formula is C13H13ClN2O2S. The topological polar surface area (TPSA) is 51.2 Å². The van der Waals surface area contributed by atoms with E-state index in [1.54, 1.807) is 18.3 Å². The van der Waals surface area contributed by atoms with Crippen molar-refractivity contribution in [1.82, 2.24) is 10.3 Å². The van der Waals surface area contributed by atoms with Gasteiger partial charge >= 0.3 is 0 Å². The highest BCUT2D eigenvalue weighted by Crippen LogP contribution is 2.21. The van der Waals surface area contributed by atoms with Crippen molar-refractivity contribution in [3.63, 3.8) is 0 Å². The first kappa shape index (κ1) is 13.8. The molecular weight excluding hydrogens is 284 g/mol. The zero-order chi connectivity index (χ0) is 13.7. The van der Waals surface area contributed by atoms with E-state index in [9.17, 15) is 4.79 Å². The molecule has 0 bridgehead atoms. The van der Waals surface area contributed by atoms with Gasteiger partial charge in [0.15, 0.2) is 0 Å². The van der Waals surface area contributed by atoms with E-state index in [-0.39, 0.29) is 5.91 Å². The molecule has 1 amide bonds. The van der Waals surface area contributed by atoms with Crippen LogP contribution in [0.3, 0.4) is 0 Å². The maximum atomic E-state index is 12.0. The molecule has 100 valence electrons. The third-order valence-corrected chi connectivity index (χ3v) is 3.79. The summed E-state index contributed by atoms with van der Waals surface area (Å²) in [6, 6.07) is 7.21. The van der Waals surface area contributed by atoms with Crippen molar-refractivity contribution in [2.75, 3.05) is 13.7 Å². The second kappa shape index (κ2) is 6.54. The highest BCUT2D eigenvalue weighted by atomic mass is 35.5. The maximum absolute atomic E-state index is 12.0. The number of nitrogens with zero attached hydrogens (tertiary/aromatic N) is 1. The molecule has 0 saturated carbocycles. The predicted octanol–water partition coefficient (Wildman–Crippen LogP) is 2.78. The Balaban J connectivity index is 1.90. The van der Waals surface area contributed by atoms with E-state index in [1.165, 1.54) is 18.4 Å². The fourth-order valence-electron chi connectivity index (χ4n) is 1.61. The molecule has 0 fully saturated rings. The van der Waals surface area contributed by atoms with Gasteiger partial charge in [0.05, 0.1) is 11.4 Å². The number of carbonyl (C=O) groups excluding carboxylic acids is 1. The van der Waals surface area contributed by atoms with Crippen LogP contribution in [0.4, 0.5) is 0 Å². The molecule has 0 saturated heterocycles. The van der Waals surface area contributed by atoms with Gasteiger partial charge in [0.1, 0.15) is 5.56 Å². The molecule has 0 radical (unpaired) electrons. The van der Waals surface area contributed by atoms with E-state index in [4.69, 9.17) is 16.3 Å². The van der Waals surface area contributed by atoms with Crippen LogP contribution >= 0.6 is 22.9 Å². The molecule has 0 aliphatic heterocycles. The molecule has 2 aromatic heterocycles. The van der Waals surface area contributed by atoms with Gasteiger partial charge in [0, 0.05) is 17.6 Å². The van der Waals surface area contributed by atoms with E-state index in [0.29, 0.717) is 18.0 Å². The number of methoxy groups -OCH3 is 1. The van der Waals surface area contributed by atoms with Crippen molar-refractivity contribution >= 4 is 28.8 Å². The number of ether oxygens (including phenoxy) is 1. The first-order chi connectivity index (χ1) is 9.20. The van der Waals surface area contributed by atoms with Crippen LogP contribution in [-0.4, -0.2) is 24.5 Å².